The lowest BCUT2D eigenvalue weighted by atomic mass is 9.75. The molecule has 4 aromatic rings. The van der Waals surface area contributed by atoms with E-state index in [2.05, 4.69) is 10.3 Å². The summed E-state index contributed by atoms with van der Waals surface area (Å²) in [5.74, 6) is -3.34. The molecular weight excluding hydrogens is 624 g/mol. The second kappa shape index (κ2) is 16.0. The van der Waals surface area contributed by atoms with Crippen molar-refractivity contribution in [1.29, 1.82) is 0 Å². The van der Waals surface area contributed by atoms with Gasteiger partial charge in [-0.1, -0.05) is 54.6 Å². The van der Waals surface area contributed by atoms with Crippen molar-refractivity contribution < 1.29 is 23.2 Å². The summed E-state index contributed by atoms with van der Waals surface area (Å²) in [5, 5.41) is 4.94. The number of halogens is 2. The number of amides is 3. The van der Waals surface area contributed by atoms with E-state index in [1.807, 2.05) is 54.6 Å². The highest BCUT2D eigenvalue weighted by Crippen LogP contribution is 2.32. The number of nitrogens with one attached hydrogen (secondary N) is 1. The maximum absolute atomic E-state index is 14.5. The number of benzene rings is 3. The number of hydrogen-bond acceptors (Lipinski definition) is 5. The molecule has 3 N–H and O–H groups in total. The fourth-order valence-corrected chi connectivity index (χ4v) is 6.16. The smallest absolute Gasteiger partial charge is 0.246 e. The minimum Gasteiger partial charge on any atom is -0.354 e. The molecule has 1 saturated carbocycles. The summed E-state index contributed by atoms with van der Waals surface area (Å²) < 4.78 is 28.0. The molecule has 3 amide bonds. The number of aromatic nitrogens is 1. The average Bonchev–Trinajstić information content (AvgIpc) is 3.09. The molecule has 10 heteroatoms. The molecule has 0 unspecified atom stereocenters. The highest BCUT2D eigenvalue weighted by molar-refractivity contribution is 5.95. The first-order chi connectivity index (χ1) is 23.5. The fraction of sp³-hybridized carbons (Fsp3) is 0.333. The topological polar surface area (TPSA) is 109 Å². The normalized spacial score (nSPS) is 15.0. The minimum atomic E-state index is -1.08. The number of carbonyl (C=O) groups excluding carboxylic acids is 3. The van der Waals surface area contributed by atoms with Crippen molar-refractivity contribution in [2.45, 2.75) is 62.6 Å². The molecule has 49 heavy (non-hydrogen) atoms. The quantitative estimate of drug-likeness (QED) is 0.181. The Kier molecular flexibility index (Phi) is 11.5. The van der Waals surface area contributed by atoms with Crippen molar-refractivity contribution in [1.82, 2.24) is 20.1 Å². The lowest BCUT2D eigenvalue weighted by molar-refractivity contribution is -0.146. The summed E-state index contributed by atoms with van der Waals surface area (Å²) >= 11 is 0. The minimum absolute atomic E-state index is 0.0701. The molecule has 0 spiro atoms. The van der Waals surface area contributed by atoms with E-state index in [4.69, 9.17) is 5.73 Å². The van der Waals surface area contributed by atoms with Gasteiger partial charge in [0.25, 0.3) is 0 Å². The van der Waals surface area contributed by atoms with Crippen molar-refractivity contribution in [3.63, 3.8) is 0 Å². The number of carbonyl (C=O) groups is 3. The summed E-state index contributed by atoms with van der Waals surface area (Å²) in [7, 11) is 3.08. The molecule has 1 fully saturated rings. The Morgan fingerprint density at radius 1 is 0.857 bits per heavy atom. The van der Waals surface area contributed by atoms with Gasteiger partial charge in [-0.25, -0.2) is 8.78 Å². The van der Waals surface area contributed by atoms with Gasteiger partial charge >= 0.3 is 0 Å². The van der Waals surface area contributed by atoms with Crippen molar-refractivity contribution in [3.05, 3.63) is 126 Å². The molecule has 1 aromatic heterocycles. The van der Waals surface area contributed by atoms with Crippen LogP contribution in [-0.2, 0) is 33.6 Å². The molecule has 1 aliphatic carbocycles. The summed E-state index contributed by atoms with van der Waals surface area (Å²) in [6.07, 6.45) is 10.6. The molecule has 0 aliphatic heterocycles. The first-order valence-corrected chi connectivity index (χ1v) is 16.6. The predicted octanol–water partition coefficient (Wildman–Crippen LogP) is 5.14. The van der Waals surface area contributed by atoms with E-state index < -0.39 is 35.5 Å². The van der Waals surface area contributed by atoms with Crippen LogP contribution in [0.3, 0.4) is 0 Å². The maximum atomic E-state index is 14.5. The van der Waals surface area contributed by atoms with Crippen LogP contribution < -0.4 is 11.1 Å². The summed E-state index contributed by atoms with van der Waals surface area (Å²) in [6, 6.07) is 18.8. The van der Waals surface area contributed by atoms with E-state index in [0.717, 1.165) is 53.3 Å². The standard InChI is InChI=1S/C39H43F2N5O3/c1-45(36(47)9-5-17-39(42)18-6-19-39)35(26-28-10-12-30-7-3-4-8-31(30)23-28)38(49)46(2)34(25-29-11-13-32(40)33(41)24-29)37(48)44-22-16-27-14-20-43-21-15-27/h3-5,7-15,20-21,23-24,34-35H,6,16-19,22,25-26,42H2,1-2H3,(H,44,48)/b9-5+/t34-,35-/m1/s1. The van der Waals surface area contributed by atoms with Crippen LogP contribution in [0.15, 0.2) is 97.3 Å². The van der Waals surface area contributed by atoms with Gasteiger partial charge < -0.3 is 20.9 Å². The number of nitrogens with two attached hydrogens (primary N) is 1. The number of hydrogen-bond donors (Lipinski definition) is 2. The molecule has 0 saturated heterocycles. The van der Waals surface area contributed by atoms with Crippen molar-refractivity contribution >= 4 is 28.5 Å². The summed E-state index contributed by atoms with van der Waals surface area (Å²) in [5.41, 5.74) is 8.20. The van der Waals surface area contributed by atoms with Gasteiger partial charge in [0.05, 0.1) is 0 Å². The van der Waals surface area contributed by atoms with Gasteiger partial charge in [-0.3, -0.25) is 19.4 Å². The number of fused-ring (bicyclic) bond motifs is 1. The third-order valence-corrected chi connectivity index (χ3v) is 9.47. The third-order valence-electron chi connectivity index (χ3n) is 9.47. The largest absolute Gasteiger partial charge is 0.354 e. The Bertz CT molecular complexity index is 1810. The van der Waals surface area contributed by atoms with Gasteiger partial charge in [0.15, 0.2) is 11.6 Å². The van der Waals surface area contributed by atoms with Crippen LogP contribution >= 0.6 is 0 Å². The van der Waals surface area contributed by atoms with Gasteiger partial charge in [0.2, 0.25) is 17.7 Å². The van der Waals surface area contributed by atoms with Crippen LogP contribution in [0.1, 0.15) is 42.4 Å². The van der Waals surface area contributed by atoms with Gasteiger partial charge in [-0.15, -0.1) is 0 Å². The molecule has 1 aliphatic rings. The van der Waals surface area contributed by atoms with Crippen LogP contribution in [0, 0.1) is 11.6 Å². The predicted molar refractivity (Wildman–Crippen MR) is 186 cm³/mol. The molecular formula is C39H43F2N5O3. The van der Waals surface area contributed by atoms with E-state index in [-0.39, 0.29) is 30.8 Å². The SMILES string of the molecule is CN(C(=O)/C=C/CC1(N)CCC1)[C@H](Cc1ccc2ccccc2c1)C(=O)N(C)[C@H](Cc1ccc(F)c(F)c1)C(=O)NCCc1ccncc1. The Hall–Kier alpha value is -4.96. The second-order valence-electron chi connectivity index (χ2n) is 13.0. The molecule has 5 rings (SSSR count). The van der Waals surface area contributed by atoms with Crippen molar-refractivity contribution in [2.24, 2.45) is 5.73 Å². The first-order valence-electron chi connectivity index (χ1n) is 16.6. The van der Waals surface area contributed by atoms with Crippen LogP contribution in [0.2, 0.25) is 0 Å². The molecule has 256 valence electrons. The Morgan fingerprint density at radius 2 is 1.53 bits per heavy atom. The van der Waals surface area contributed by atoms with Crippen LogP contribution in [0.4, 0.5) is 8.78 Å². The molecule has 3 aromatic carbocycles. The lowest BCUT2D eigenvalue weighted by Gasteiger charge is -2.37. The van der Waals surface area contributed by atoms with Crippen LogP contribution in [0.25, 0.3) is 10.8 Å². The molecule has 2 atom stereocenters. The summed E-state index contributed by atoms with van der Waals surface area (Å²) in [6.45, 7) is 0.283. The number of likely N-dealkylation sites (N-methyl/N-ethyl adjacent to an activating group) is 2. The monoisotopic (exact) mass is 667 g/mol. The first kappa shape index (κ1) is 35.3. The third kappa shape index (κ3) is 9.14. The van der Waals surface area contributed by atoms with E-state index in [1.54, 1.807) is 25.5 Å². The number of nitrogens with zero attached hydrogens (tertiary/aromatic N) is 3. The molecule has 0 bridgehead atoms. The highest BCUT2D eigenvalue weighted by Gasteiger charge is 2.35. The van der Waals surface area contributed by atoms with Gasteiger partial charge in [-0.2, -0.15) is 0 Å². The van der Waals surface area contributed by atoms with E-state index >= 15 is 0 Å². The zero-order chi connectivity index (χ0) is 35.0. The second-order valence-corrected chi connectivity index (χ2v) is 13.0. The highest BCUT2D eigenvalue weighted by atomic mass is 19.2. The number of pyridine rings is 1. The van der Waals surface area contributed by atoms with Gasteiger partial charge in [0.1, 0.15) is 12.1 Å². The van der Waals surface area contributed by atoms with E-state index in [0.29, 0.717) is 18.4 Å². The van der Waals surface area contributed by atoms with E-state index in [9.17, 15) is 23.2 Å². The Balaban J connectivity index is 1.41. The lowest BCUT2D eigenvalue weighted by Crippen LogP contribution is -2.56. The zero-order valence-electron chi connectivity index (χ0n) is 27.9. The van der Waals surface area contributed by atoms with Crippen LogP contribution in [-0.4, -0.2) is 70.8 Å². The van der Waals surface area contributed by atoms with Gasteiger partial charge in [-0.05, 0) is 89.9 Å². The maximum Gasteiger partial charge on any atom is 0.246 e. The molecule has 1 heterocycles. The average molecular weight is 668 g/mol. The van der Waals surface area contributed by atoms with Crippen molar-refractivity contribution in [3.8, 4) is 0 Å². The summed E-state index contributed by atoms with van der Waals surface area (Å²) in [4.78, 5) is 48.4. The number of rotatable bonds is 14. The Labute approximate surface area is 286 Å². The molecule has 8 nitrogen and oxygen atoms in total. The molecule has 0 radical (unpaired) electrons. The van der Waals surface area contributed by atoms with Gasteiger partial charge in [0, 0.05) is 51.4 Å². The Morgan fingerprint density at radius 3 is 2.22 bits per heavy atom. The van der Waals surface area contributed by atoms with Crippen LogP contribution in [0.5, 0.6) is 0 Å². The zero-order valence-corrected chi connectivity index (χ0v) is 27.9. The fourth-order valence-electron chi connectivity index (χ4n) is 6.16. The van der Waals surface area contributed by atoms with E-state index in [1.165, 1.54) is 29.0 Å². The van der Waals surface area contributed by atoms with Crippen molar-refractivity contribution in [2.75, 3.05) is 20.6 Å².